The van der Waals surface area contributed by atoms with E-state index in [1.165, 1.54) is 35.0 Å². The van der Waals surface area contributed by atoms with Crippen molar-refractivity contribution in [1.82, 2.24) is 9.88 Å². The van der Waals surface area contributed by atoms with E-state index in [1.807, 2.05) is 6.92 Å². The van der Waals surface area contributed by atoms with Crippen LogP contribution in [-0.2, 0) is 25.6 Å². The first-order valence-electron chi connectivity index (χ1n) is 7.32. The van der Waals surface area contributed by atoms with E-state index in [9.17, 15) is 23.3 Å². The smallest absolute Gasteiger partial charge is 0.323 e. The van der Waals surface area contributed by atoms with Gasteiger partial charge in [-0.1, -0.05) is 17.7 Å². The Bertz CT molecular complexity index is 858. The van der Waals surface area contributed by atoms with Gasteiger partial charge in [-0.2, -0.15) is 8.42 Å². The minimum Gasteiger partial charge on any atom is -0.358 e. The molecule has 0 unspecified atom stereocenters. The number of nitrogens with one attached hydrogen (secondary N) is 1. The molecular formula is C15H17N3O6S. The topological polar surface area (TPSA) is 121 Å². The zero-order valence-corrected chi connectivity index (χ0v) is 14.2. The van der Waals surface area contributed by atoms with E-state index >= 15 is 0 Å². The third kappa shape index (κ3) is 5.13. The van der Waals surface area contributed by atoms with Crippen molar-refractivity contribution in [1.29, 1.82) is 0 Å². The number of hydrogen-bond acceptors (Lipinski definition) is 6. The normalized spacial score (nSPS) is 11.2. The Morgan fingerprint density at radius 1 is 1.28 bits per heavy atom. The molecule has 2 rings (SSSR count). The first-order chi connectivity index (χ1) is 11.8. The monoisotopic (exact) mass is 367 g/mol. The zero-order chi connectivity index (χ0) is 18.4. The average Bonchev–Trinajstić information content (AvgIpc) is 3.00. The minimum absolute atomic E-state index is 0.0346. The molecule has 1 heterocycles. The second-order valence-corrected chi connectivity index (χ2v) is 6.81. The van der Waals surface area contributed by atoms with Crippen LogP contribution in [0.15, 0.2) is 47.5 Å². The number of nitro groups is 1. The highest BCUT2D eigenvalue weighted by atomic mass is 32.2. The minimum atomic E-state index is -3.89. The fourth-order valence-corrected chi connectivity index (χ4v) is 2.94. The van der Waals surface area contributed by atoms with Crippen LogP contribution in [0.2, 0.25) is 0 Å². The second kappa shape index (κ2) is 7.90. The number of hydrogen-bond donors (Lipinski definition) is 1. The molecule has 1 N–H and O–H groups in total. The maximum Gasteiger partial charge on any atom is 0.323 e. The van der Waals surface area contributed by atoms with Gasteiger partial charge in [0.1, 0.15) is 0 Å². The van der Waals surface area contributed by atoms with Gasteiger partial charge in [-0.15, -0.1) is 0 Å². The first-order valence-corrected chi connectivity index (χ1v) is 8.73. The summed E-state index contributed by atoms with van der Waals surface area (Å²) in [6.07, 6.45) is 1.41. The van der Waals surface area contributed by atoms with Crippen molar-refractivity contribution in [2.75, 3.05) is 13.2 Å². The number of benzene rings is 1. The summed E-state index contributed by atoms with van der Waals surface area (Å²) in [6.45, 7) is 1.31. The highest BCUT2D eigenvalue weighted by molar-refractivity contribution is 7.86. The molecule has 1 amide bonds. The SMILES string of the molecule is Cc1ccc(S(=O)(=O)OCCNC(=O)Cn2cccc2[N+](=O)[O-])cc1. The molecule has 0 aliphatic rings. The van der Waals surface area contributed by atoms with Gasteiger partial charge in [-0.05, 0) is 30.0 Å². The summed E-state index contributed by atoms with van der Waals surface area (Å²) >= 11 is 0. The molecule has 134 valence electrons. The molecule has 1 aromatic carbocycles. The lowest BCUT2D eigenvalue weighted by molar-refractivity contribution is -0.391. The van der Waals surface area contributed by atoms with Crippen molar-refractivity contribution in [2.24, 2.45) is 0 Å². The summed E-state index contributed by atoms with van der Waals surface area (Å²) in [7, 11) is -3.89. The fourth-order valence-electron chi connectivity index (χ4n) is 2.03. The van der Waals surface area contributed by atoms with Gasteiger partial charge < -0.3 is 15.4 Å². The van der Waals surface area contributed by atoms with E-state index in [4.69, 9.17) is 4.18 Å². The molecule has 10 heteroatoms. The zero-order valence-electron chi connectivity index (χ0n) is 13.4. The molecule has 1 aromatic heterocycles. The molecule has 0 spiro atoms. The van der Waals surface area contributed by atoms with Crippen molar-refractivity contribution in [2.45, 2.75) is 18.4 Å². The Kier molecular flexibility index (Phi) is 5.88. The van der Waals surface area contributed by atoms with Crippen LogP contribution in [-0.4, -0.2) is 37.0 Å². The maximum atomic E-state index is 12.0. The van der Waals surface area contributed by atoms with Crippen LogP contribution in [0.5, 0.6) is 0 Å². The van der Waals surface area contributed by atoms with Gasteiger partial charge in [-0.25, -0.2) is 4.57 Å². The van der Waals surface area contributed by atoms with Gasteiger partial charge >= 0.3 is 5.82 Å². The Labute approximate surface area is 144 Å². The Morgan fingerprint density at radius 3 is 2.60 bits per heavy atom. The third-order valence-electron chi connectivity index (χ3n) is 3.28. The quantitative estimate of drug-likeness (QED) is 0.324. The molecule has 0 bridgehead atoms. The number of carbonyl (C=O) groups is 1. The van der Waals surface area contributed by atoms with E-state index in [0.29, 0.717) is 0 Å². The van der Waals surface area contributed by atoms with E-state index in [0.717, 1.165) is 5.56 Å². The van der Waals surface area contributed by atoms with Crippen LogP contribution in [0.25, 0.3) is 0 Å². The number of aryl methyl sites for hydroxylation is 1. The molecule has 2 aromatic rings. The third-order valence-corrected chi connectivity index (χ3v) is 4.61. The van der Waals surface area contributed by atoms with Crippen LogP contribution < -0.4 is 5.32 Å². The lowest BCUT2D eigenvalue weighted by atomic mass is 10.2. The molecule has 0 aliphatic carbocycles. The van der Waals surface area contributed by atoms with Crippen LogP contribution in [0, 0.1) is 17.0 Å². The molecule has 0 fully saturated rings. The highest BCUT2D eigenvalue weighted by Gasteiger charge is 2.16. The van der Waals surface area contributed by atoms with Gasteiger partial charge in [0.25, 0.3) is 16.0 Å². The lowest BCUT2D eigenvalue weighted by Crippen LogP contribution is -2.31. The van der Waals surface area contributed by atoms with Crippen LogP contribution in [0.3, 0.4) is 0 Å². The van der Waals surface area contributed by atoms with Gasteiger partial charge in [0.05, 0.1) is 17.7 Å². The van der Waals surface area contributed by atoms with Crippen molar-refractivity contribution in [3.05, 3.63) is 58.3 Å². The number of aromatic nitrogens is 1. The van der Waals surface area contributed by atoms with Crippen LogP contribution in [0.4, 0.5) is 5.82 Å². The molecule has 0 aliphatic heterocycles. The van der Waals surface area contributed by atoms with Crippen molar-refractivity contribution in [3.63, 3.8) is 0 Å². The van der Waals surface area contributed by atoms with Crippen molar-refractivity contribution >= 4 is 21.8 Å². The fraction of sp³-hybridized carbons (Fsp3) is 0.267. The van der Waals surface area contributed by atoms with E-state index in [-0.39, 0.29) is 30.4 Å². The predicted molar refractivity (Wildman–Crippen MR) is 88.4 cm³/mol. The number of rotatable bonds is 8. The molecule has 0 radical (unpaired) electrons. The first kappa shape index (κ1) is 18.6. The van der Waals surface area contributed by atoms with E-state index < -0.39 is 20.9 Å². The summed E-state index contributed by atoms with van der Waals surface area (Å²) in [5.41, 5.74) is 0.922. The maximum absolute atomic E-state index is 12.0. The van der Waals surface area contributed by atoms with Gasteiger partial charge in [0.15, 0.2) is 6.54 Å². The number of carbonyl (C=O) groups excluding carboxylic acids is 1. The standard InChI is InChI=1S/C15H17N3O6S/c1-12-4-6-13(7-5-12)25(22,23)24-10-8-16-14(19)11-17-9-2-3-15(17)18(20)21/h2-7,9H,8,10-11H2,1H3,(H,16,19). The largest absolute Gasteiger partial charge is 0.358 e. The summed E-state index contributed by atoms with van der Waals surface area (Å²) in [4.78, 5) is 22.0. The van der Waals surface area contributed by atoms with Gasteiger partial charge in [-0.3, -0.25) is 8.98 Å². The molecule has 0 saturated heterocycles. The summed E-state index contributed by atoms with van der Waals surface area (Å²) in [6, 6.07) is 8.93. The highest BCUT2D eigenvalue weighted by Crippen LogP contribution is 2.13. The van der Waals surface area contributed by atoms with Crippen molar-refractivity contribution in [3.8, 4) is 0 Å². The van der Waals surface area contributed by atoms with Crippen molar-refractivity contribution < 1.29 is 22.3 Å². The molecular weight excluding hydrogens is 350 g/mol. The summed E-state index contributed by atoms with van der Waals surface area (Å²) in [5, 5.41) is 13.2. The summed E-state index contributed by atoms with van der Waals surface area (Å²) in [5.74, 6) is -0.691. The lowest BCUT2D eigenvalue weighted by Gasteiger charge is -2.07. The Balaban J connectivity index is 1.80. The predicted octanol–water partition coefficient (Wildman–Crippen LogP) is 1.23. The van der Waals surface area contributed by atoms with E-state index in [1.54, 1.807) is 12.1 Å². The molecule has 9 nitrogen and oxygen atoms in total. The molecule has 0 atom stereocenters. The van der Waals surface area contributed by atoms with Gasteiger partial charge in [0.2, 0.25) is 0 Å². The van der Waals surface area contributed by atoms with E-state index in [2.05, 4.69) is 5.32 Å². The second-order valence-electron chi connectivity index (χ2n) is 5.19. The molecule has 25 heavy (non-hydrogen) atoms. The Hall–Kier alpha value is -2.72. The van der Waals surface area contributed by atoms with Crippen LogP contribution in [0.1, 0.15) is 5.56 Å². The molecule has 0 saturated carbocycles. The summed E-state index contributed by atoms with van der Waals surface area (Å²) < 4.78 is 29.9. The number of amides is 1. The number of nitrogens with zero attached hydrogens (tertiary/aromatic N) is 2. The average molecular weight is 367 g/mol. The van der Waals surface area contributed by atoms with Crippen LogP contribution >= 0.6 is 0 Å². The van der Waals surface area contributed by atoms with Gasteiger partial charge in [0, 0.05) is 12.6 Å². The Morgan fingerprint density at radius 2 is 1.96 bits per heavy atom.